The molecule has 0 N–H and O–H groups in total. The fraction of sp³-hybridized carbons (Fsp3) is 0.294. The minimum Gasteiger partial charge on any atom is -0.450 e. The van der Waals surface area contributed by atoms with Crippen LogP contribution in [0.1, 0.15) is 23.4 Å². The molecule has 1 saturated heterocycles. The number of likely N-dealkylation sites (tertiary alicyclic amines) is 1. The van der Waals surface area contributed by atoms with Crippen LogP contribution in [0.15, 0.2) is 40.8 Å². The highest BCUT2D eigenvalue weighted by atomic mass is 16.6. The van der Waals surface area contributed by atoms with Crippen molar-refractivity contribution in [2.75, 3.05) is 19.7 Å². The van der Waals surface area contributed by atoms with Crippen molar-refractivity contribution in [2.24, 2.45) is 0 Å². The van der Waals surface area contributed by atoms with Crippen LogP contribution in [-0.4, -0.2) is 41.4 Å². The van der Waals surface area contributed by atoms with E-state index in [2.05, 4.69) is 0 Å². The number of rotatable bonds is 5. The summed E-state index contributed by atoms with van der Waals surface area (Å²) < 4.78 is 10.4. The Kier molecular flexibility index (Phi) is 4.78. The van der Waals surface area contributed by atoms with Gasteiger partial charge < -0.3 is 14.1 Å². The Morgan fingerprint density at radius 1 is 1.12 bits per heavy atom. The van der Waals surface area contributed by atoms with Crippen molar-refractivity contribution in [3.63, 3.8) is 0 Å². The van der Waals surface area contributed by atoms with Crippen LogP contribution in [0.2, 0.25) is 0 Å². The minimum atomic E-state index is -0.722. The third-order valence-electron chi connectivity index (χ3n) is 3.96. The molecule has 1 aliphatic heterocycles. The summed E-state index contributed by atoms with van der Waals surface area (Å²) in [6.45, 7) is 1.08. The highest BCUT2D eigenvalue weighted by Crippen LogP contribution is 2.24. The average Bonchev–Trinajstić information content (AvgIpc) is 3.31. The van der Waals surface area contributed by atoms with E-state index in [1.807, 2.05) is 0 Å². The number of carbonyl (C=O) groups excluding carboxylic acids is 2. The molecule has 3 rings (SSSR count). The van der Waals surface area contributed by atoms with E-state index in [-0.39, 0.29) is 24.0 Å². The van der Waals surface area contributed by atoms with Gasteiger partial charge in [0, 0.05) is 30.8 Å². The van der Waals surface area contributed by atoms with Crippen molar-refractivity contribution < 1.29 is 23.7 Å². The highest BCUT2D eigenvalue weighted by Gasteiger charge is 2.21. The second-order valence-corrected chi connectivity index (χ2v) is 5.63. The first-order valence-electron chi connectivity index (χ1n) is 7.84. The molecule has 1 aromatic heterocycles. The van der Waals surface area contributed by atoms with E-state index in [0.29, 0.717) is 24.4 Å². The van der Waals surface area contributed by atoms with E-state index in [0.717, 1.165) is 12.8 Å². The van der Waals surface area contributed by atoms with E-state index in [4.69, 9.17) is 9.15 Å². The van der Waals surface area contributed by atoms with Crippen molar-refractivity contribution in [3.8, 4) is 11.3 Å². The van der Waals surface area contributed by atoms with Crippen molar-refractivity contribution in [1.82, 2.24) is 4.90 Å². The molecule has 2 heterocycles. The number of esters is 1. The number of ether oxygens (including phenoxy) is 1. The van der Waals surface area contributed by atoms with Gasteiger partial charge >= 0.3 is 5.97 Å². The number of furan rings is 1. The van der Waals surface area contributed by atoms with Crippen LogP contribution in [0.25, 0.3) is 11.3 Å². The number of carbonyl (C=O) groups is 2. The molecule has 0 atom stereocenters. The van der Waals surface area contributed by atoms with Crippen LogP contribution < -0.4 is 0 Å². The van der Waals surface area contributed by atoms with Crippen molar-refractivity contribution in [3.05, 3.63) is 52.3 Å². The molecule has 1 aliphatic rings. The Morgan fingerprint density at radius 3 is 2.44 bits per heavy atom. The van der Waals surface area contributed by atoms with Crippen LogP contribution in [0.5, 0.6) is 0 Å². The van der Waals surface area contributed by atoms with Gasteiger partial charge in [0.2, 0.25) is 5.76 Å². The zero-order valence-corrected chi connectivity index (χ0v) is 13.3. The molecule has 1 amide bonds. The van der Waals surface area contributed by atoms with Crippen LogP contribution in [0.3, 0.4) is 0 Å². The van der Waals surface area contributed by atoms with Gasteiger partial charge in [-0.1, -0.05) is 0 Å². The molecule has 0 saturated carbocycles. The van der Waals surface area contributed by atoms with E-state index in [1.165, 1.54) is 30.3 Å². The maximum atomic E-state index is 12.0. The second-order valence-electron chi connectivity index (χ2n) is 5.63. The molecule has 1 aromatic carbocycles. The van der Waals surface area contributed by atoms with Gasteiger partial charge in [0.1, 0.15) is 5.76 Å². The van der Waals surface area contributed by atoms with E-state index < -0.39 is 10.9 Å². The first-order valence-corrected chi connectivity index (χ1v) is 7.84. The molecule has 0 radical (unpaired) electrons. The summed E-state index contributed by atoms with van der Waals surface area (Å²) in [4.78, 5) is 35.7. The quantitative estimate of drug-likeness (QED) is 0.469. The molecular weight excluding hydrogens is 328 g/mol. The first-order chi connectivity index (χ1) is 12.0. The topological polar surface area (TPSA) is 103 Å². The van der Waals surface area contributed by atoms with Crippen LogP contribution in [-0.2, 0) is 9.53 Å². The SMILES string of the molecule is O=C(OCC(=O)N1CCCC1)c1ccc(-c2ccc([N+](=O)[O-])cc2)o1. The Labute approximate surface area is 143 Å². The third kappa shape index (κ3) is 3.85. The number of amides is 1. The van der Waals surface area contributed by atoms with Crippen LogP contribution in [0.4, 0.5) is 5.69 Å². The fourth-order valence-corrected chi connectivity index (χ4v) is 2.61. The van der Waals surface area contributed by atoms with Crippen molar-refractivity contribution in [1.29, 1.82) is 0 Å². The van der Waals surface area contributed by atoms with E-state index in [9.17, 15) is 19.7 Å². The lowest BCUT2D eigenvalue weighted by Crippen LogP contribution is -2.32. The average molecular weight is 344 g/mol. The van der Waals surface area contributed by atoms with Crippen LogP contribution >= 0.6 is 0 Å². The standard InChI is InChI=1S/C17H16N2O6/c20-16(18-9-1-2-10-18)11-24-17(21)15-8-7-14(25-15)12-3-5-13(6-4-12)19(22)23/h3-8H,1-2,9-11H2. The van der Waals surface area contributed by atoms with Gasteiger partial charge in [0.05, 0.1) is 4.92 Å². The lowest BCUT2D eigenvalue weighted by atomic mass is 10.1. The molecule has 1 fully saturated rings. The molecule has 8 heteroatoms. The summed E-state index contributed by atoms with van der Waals surface area (Å²) in [6, 6.07) is 8.78. The Morgan fingerprint density at radius 2 is 1.80 bits per heavy atom. The lowest BCUT2D eigenvalue weighted by Gasteiger charge is -2.14. The zero-order valence-electron chi connectivity index (χ0n) is 13.3. The van der Waals surface area contributed by atoms with Gasteiger partial charge in [-0.3, -0.25) is 14.9 Å². The van der Waals surface area contributed by atoms with Gasteiger partial charge in [0.15, 0.2) is 6.61 Å². The summed E-state index contributed by atoms with van der Waals surface area (Å²) in [5, 5.41) is 10.7. The Hall–Kier alpha value is -3.16. The molecule has 0 aliphatic carbocycles. The van der Waals surface area contributed by atoms with Gasteiger partial charge in [-0.05, 0) is 37.1 Å². The number of hydrogen-bond acceptors (Lipinski definition) is 6. The lowest BCUT2D eigenvalue weighted by molar-refractivity contribution is -0.384. The van der Waals surface area contributed by atoms with Gasteiger partial charge in [-0.25, -0.2) is 4.79 Å². The number of nitrogens with zero attached hydrogens (tertiary/aromatic N) is 2. The van der Waals surface area contributed by atoms with E-state index in [1.54, 1.807) is 11.0 Å². The Bertz CT molecular complexity index is 790. The number of nitro benzene ring substituents is 1. The van der Waals surface area contributed by atoms with Crippen molar-refractivity contribution in [2.45, 2.75) is 12.8 Å². The number of non-ortho nitro benzene ring substituents is 1. The van der Waals surface area contributed by atoms with E-state index >= 15 is 0 Å². The molecule has 130 valence electrons. The number of nitro groups is 1. The number of hydrogen-bond donors (Lipinski definition) is 0. The molecule has 0 spiro atoms. The maximum absolute atomic E-state index is 12.0. The van der Waals surface area contributed by atoms with Gasteiger partial charge in [-0.15, -0.1) is 0 Å². The molecule has 0 unspecified atom stereocenters. The largest absolute Gasteiger partial charge is 0.450 e. The summed E-state index contributed by atoms with van der Waals surface area (Å²) in [7, 11) is 0. The fourth-order valence-electron chi connectivity index (χ4n) is 2.61. The third-order valence-corrected chi connectivity index (χ3v) is 3.96. The summed E-state index contributed by atoms with van der Waals surface area (Å²) >= 11 is 0. The first kappa shape index (κ1) is 16.7. The monoisotopic (exact) mass is 344 g/mol. The summed E-state index contributed by atoms with van der Waals surface area (Å²) in [6.07, 6.45) is 1.94. The molecule has 0 bridgehead atoms. The van der Waals surface area contributed by atoms with Crippen LogP contribution in [0, 0.1) is 10.1 Å². The summed E-state index contributed by atoms with van der Waals surface area (Å²) in [5.74, 6) is -0.580. The predicted octanol–water partition coefficient (Wildman–Crippen LogP) is 2.63. The van der Waals surface area contributed by atoms with Gasteiger partial charge in [-0.2, -0.15) is 0 Å². The molecule has 2 aromatic rings. The Balaban J connectivity index is 1.61. The second kappa shape index (κ2) is 7.16. The maximum Gasteiger partial charge on any atom is 0.374 e. The molecule has 8 nitrogen and oxygen atoms in total. The summed E-state index contributed by atoms with van der Waals surface area (Å²) in [5.41, 5.74) is 0.563. The molecule has 25 heavy (non-hydrogen) atoms. The number of benzene rings is 1. The minimum absolute atomic E-state index is 0.0254. The molecular formula is C17H16N2O6. The predicted molar refractivity (Wildman–Crippen MR) is 86.9 cm³/mol. The normalized spacial score (nSPS) is 13.7. The zero-order chi connectivity index (χ0) is 17.8. The highest BCUT2D eigenvalue weighted by molar-refractivity contribution is 5.89. The smallest absolute Gasteiger partial charge is 0.374 e. The van der Waals surface area contributed by atoms with Crippen molar-refractivity contribution >= 4 is 17.6 Å². The van der Waals surface area contributed by atoms with Gasteiger partial charge in [0.25, 0.3) is 11.6 Å².